The van der Waals surface area contributed by atoms with Crippen LogP contribution >= 0.6 is 0 Å². The van der Waals surface area contributed by atoms with Crippen molar-refractivity contribution < 1.29 is 9.90 Å². The molecule has 24 heavy (non-hydrogen) atoms. The molecular formula is C19H21N3O2. The maximum Gasteiger partial charge on any atom is 0.239 e. The van der Waals surface area contributed by atoms with Gasteiger partial charge in [-0.05, 0) is 36.8 Å². The quantitative estimate of drug-likeness (QED) is 0.728. The van der Waals surface area contributed by atoms with Crippen molar-refractivity contribution in [3.8, 4) is 6.07 Å². The van der Waals surface area contributed by atoms with E-state index in [1.165, 1.54) is 0 Å². The SMILES string of the molecule is CC(NC(=O)CNc1ccc(C#N)cc1)C(O)Cc1ccccc1. The van der Waals surface area contributed by atoms with Crippen molar-refractivity contribution in [2.45, 2.75) is 25.5 Å². The molecule has 0 aliphatic heterocycles. The highest BCUT2D eigenvalue weighted by Crippen LogP contribution is 2.08. The lowest BCUT2D eigenvalue weighted by atomic mass is 10.0. The molecule has 0 saturated heterocycles. The van der Waals surface area contributed by atoms with Gasteiger partial charge in [0, 0.05) is 12.1 Å². The van der Waals surface area contributed by atoms with E-state index in [0.29, 0.717) is 12.0 Å². The number of aliphatic hydroxyl groups excluding tert-OH is 1. The summed E-state index contributed by atoms with van der Waals surface area (Å²) in [5.74, 6) is -0.195. The largest absolute Gasteiger partial charge is 0.391 e. The number of amides is 1. The first-order chi connectivity index (χ1) is 11.6. The fraction of sp³-hybridized carbons (Fsp3) is 0.263. The van der Waals surface area contributed by atoms with Crippen molar-refractivity contribution in [1.82, 2.24) is 5.32 Å². The number of carbonyl (C=O) groups excluding carboxylic acids is 1. The smallest absolute Gasteiger partial charge is 0.239 e. The molecule has 3 N–H and O–H groups in total. The molecule has 0 saturated carbocycles. The van der Waals surface area contributed by atoms with Gasteiger partial charge in [-0.25, -0.2) is 0 Å². The minimum Gasteiger partial charge on any atom is -0.391 e. The summed E-state index contributed by atoms with van der Waals surface area (Å²) in [6, 6.07) is 18.2. The van der Waals surface area contributed by atoms with E-state index in [9.17, 15) is 9.90 Å². The molecule has 0 spiro atoms. The molecule has 0 aliphatic rings. The summed E-state index contributed by atoms with van der Waals surface area (Å²) in [6.45, 7) is 1.89. The average molecular weight is 323 g/mol. The highest BCUT2D eigenvalue weighted by Gasteiger charge is 2.16. The van der Waals surface area contributed by atoms with Gasteiger partial charge in [-0.2, -0.15) is 5.26 Å². The zero-order chi connectivity index (χ0) is 17.4. The molecular weight excluding hydrogens is 302 g/mol. The van der Waals surface area contributed by atoms with Crippen molar-refractivity contribution in [3.05, 3.63) is 65.7 Å². The molecule has 0 aliphatic carbocycles. The third kappa shape index (κ3) is 5.41. The van der Waals surface area contributed by atoms with Crippen molar-refractivity contribution in [2.75, 3.05) is 11.9 Å². The lowest BCUT2D eigenvalue weighted by Crippen LogP contribution is -2.44. The van der Waals surface area contributed by atoms with Gasteiger partial charge in [-0.15, -0.1) is 0 Å². The molecule has 2 unspecified atom stereocenters. The van der Waals surface area contributed by atoms with E-state index in [1.807, 2.05) is 36.4 Å². The molecule has 124 valence electrons. The molecule has 2 aromatic carbocycles. The Morgan fingerprint density at radius 2 is 1.83 bits per heavy atom. The topological polar surface area (TPSA) is 85.2 Å². The number of carbonyl (C=O) groups is 1. The standard InChI is InChI=1S/C19H21N3O2/c1-14(18(23)11-15-5-3-2-4-6-15)22-19(24)13-21-17-9-7-16(12-20)8-10-17/h2-10,14,18,21,23H,11,13H2,1H3,(H,22,24). The minimum atomic E-state index is -0.647. The van der Waals surface area contributed by atoms with Gasteiger partial charge in [-0.1, -0.05) is 30.3 Å². The maximum absolute atomic E-state index is 12.0. The van der Waals surface area contributed by atoms with Gasteiger partial charge < -0.3 is 15.7 Å². The Bertz CT molecular complexity index is 693. The number of anilines is 1. The van der Waals surface area contributed by atoms with Crippen LogP contribution in [0.2, 0.25) is 0 Å². The zero-order valence-electron chi connectivity index (χ0n) is 13.6. The average Bonchev–Trinajstić information content (AvgIpc) is 2.61. The summed E-state index contributed by atoms with van der Waals surface area (Å²) < 4.78 is 0. The first-order valence-electron chi connectivity index (χ1n) is 7.84. The summed E-state index contributed by atoms with van der Waals surface area (Å²) in [4.78, 5) is 12.0. The molecule has 0 heterocycles. The number of rotatable bonds is 7. The van der Waals surface area contributed by atoms with Gasteiger partial charge in [0.2, 0.25) is 5.91 Å². The molecule has 2 atom stereocenters. The van der Waals surface area contributed by atoms with Crippen LogP contribution in [0, 0.1) is 11.3 Å². The van der Waals surface area contributed by atoms with Gasteiger partial charge >= 0.3 is 0 Å². The Balaban J connectivity index is 1.77. The number of aliphatic hydroxyl groups is 1. The first kappa shape index (κ1) is 17.5. The van der Waals surface area contributed by atoms with Gasteiger partial charge in [0.1, 0.15) is 0 Å². The normalized spacial score (nSPS) is 12.7. The van der Waals surface area contributed by atoms with Crippen molar-refractivity contribution in [1.29, 1.82) is 5.26 Å². The molecule has 1 amide bonds. The minimum absolute atomic E-state index is 0.105. The van der Waals surface area contributed by atoms with Crippen LogP contribution < -0.4 is 10.6 Å². The molecule has 0 aromatic heterocycles. The Morgan fingerprint density at radius 1 is 1.17 bits per heavy atom. The van der Waals surface area contributed by atoms with Crippen LogP contribution in [0.25, 0.3) is 0 Å². The third-order valence-electron chi connectivity index (χ3n) is 3.72. The van der Waals surface area contributed by atoms with Crippen LogP contribution in [0.1, 0.15) is 18.1 Å². The predicted molar refractivity (Wildman–Crippen MR) is 93.4 cm³/mol. The van der Waals surface area contributed by atoms with E-state index >= 15 is 0 Å². The molecule has 2 aromatic rings. The third-order valence-corrected chi connectivity index (χ3v) is 3.72. The number of nitriles is 1. The summed E-state index contributed by atoms with van der Waals surface area (Å²) in [7, 11) is 0. The molecule has 0 bridgehead atoms. The van der Waals surface area contributed by atoms with Crippen LogP contribution in [0.4, 0.5) is 5.69 Å². The number of nitrogens with one attached hydrogen (secondary N) is 2. The second-order valence-corrected chi connectivity index (χ2v) is 5.66. The first-order valence-corrected chi connectivity index (χ1v) is 7.84. The van der Waals surface area contributed by atoms with Crippen LogP contribution in [0.3, 0.4) is 0 Å². The van der Waals surface area contributed by atoms with E-state index in [4.69, 9.17) is 5.26 Å². The summed E-state index contributed by atoms with van der Waals surface area (Å²) >= 11 is 0. The maximum atomic E-state index is 12.0. The number of benzene rings is 2. The van der Waals surface area contributed by atoms with E-state index in [2.05, 4.69) is 10.6 Å². The highest BCUT2D eigenvalue weighted by atomic mass is 16.3. The number of hydrogen-bond acceptors (Lipinski definition) is 4. The molecule has 0 radical (unpaired) electrons. The van der Waals surface area contributed by atoms with Crippen LogP contribution in [0.5, 0.6) is 0 Å². The Hall–Kier alpha value is -2.84. The fourth-order valence-corrected chi connectivity index (χ4v) is 2.28. The van der Waals surface area contributed by atoms with Gasteiger partial charge in [0.15, 0.2) is 0 Å². The molecule has 5 heteroatoms. The summed E-state index contributed by atoms with van der Waals surface area (Å²) in [6.07, 6.45) is -0.156. The Morgan fingerprint density at radius 3 is 2.46 bits per heavy atom. The monoisotopic (exact) mass is 323 g/mol. The second kappa shape index (κ2) is 8.70. The number of hydrogen-bond donors (Lipinski definition) is 3. The summed E-state index contributed by atoms with van der Waals surface area (Å²) in [5.41, 5.74) is 2.37. The van der Waals surface area contributed by atoms with Gasteiger partial charge in [0.25, 0.3) is 0 Å². The Kier molecular flexibility index (Phi) is 6.35. The molecule has 5 nitrogen and oxygen atoms in total. The second-order valence-electron chi connectivity index (χ2n) is 5.66. The van der Waals surface area contributed by atoms with Crippen molar-refractivity contribution in [3.63, 3.8) is 0 Å². The highest BCUT2D eigenvalue weighted by molar-refractivity contribution is 5.81. The zero-order valence-corrected chi connectivity index (χ0v) is 13.6. The molecule has 0 fully saturated rings. The Labute approximate surface area is 141 Å². The lowest BCUT2D eigenvalue weighted by molar-refractivity contribution is -0.120. The molecule has 2 rings (SSSR count). The van der Waals surface area contributed by atoms with E-state index in [0.717, 1.165) is 11.3 Å². The van der Waals surface area contributed by atoms with Crippen LogP contribution in [-0.4, -0.2) is 29.7 Å². The van der Waals surface area contributed by atoms with E-state index < -0.39 is 6.10 Å². The van der Waals surface area contributed by atoms with Gasteiger partial charge in [0.05, 0.1) is 30.3 Å². The van der Waals surface area contributed by atoms with Crippen molar-refractivity contribution in [2.24, 2.45) is 0 Å². The van der Waals surface area contributed by atoms with E-state index in [-0.39, 0.29) is 18.5 Å². The van der Waals surface area contributed by atoms with E-state index in [1.54, 1.807) is 31.2 Å². The number of nitrogens with zero attached hydrogens (tertiary/aromatic N) is 1. The van der Waals surface area contributed by atoms with Crippen LogP contribution in [-0.2, 0) is 11.2 Å². The van der Waals surface area contributed by atoms with Crippen molar-refractivity contribution >= 4 is 11.6 Å². The summed E-state index contributed by atoms with van der Waals surface area (Å²) in [5, 5.41) is 24.7. The van der Waals surface area contributed by atoms with Gasteiger partial charge in [-0.3, -0.25) is 4.79 Å². The lowest BCUT2D eigenvalue weighted by Gasteiger charge is -2.20. The fourth-order valence-electron chi connectivity index (χ4n) is 2.28. The van der Waals surface area contributed by atoms with Crippen LogP contribution in [0.15, 0.2) is 54.6 Å². The predicted octanol–water partition coefficient (Wildman–Crippen LogP) is 2.08.